The zero-order valence-corrected chi connectivity index (χ0v) is 9.76. The second kappa shape index (κ2) is 5.29. The number of carbonyl (C=O) groups is 1. The van der Waals surface area contributed by atoms with Gasteiger partial charge in [-0.25, -0.2) is 4.79 Å². The van der Waals surface area contributed by atoms with Crippen LogP contribution in [0.5, 0.6) is 0 Å². The predicted molar refractivity (Wildman–Crippen MR) is 58.8 cm³/mol. The summed E-state index contributed by atoms with van der Waals surface area (Å²) in [6.07, 6.45) is 1.23. The third-order valence-electron chi connectivity index (χ3n) is 2.84. The van der Waals surface area contributed by atoms with Gasteiger partial charge >= 0.3 is 5.97 Å². The number of hydrogen-bond donors (Lipinski definition) is 1. The van der Waals surface area contributed by atoms with E-state index < -0.39 is 5.97 Å². The second-order valence-corrected chi connectivity index (χ2v) is 4.12. The van der Waals surface area contributed by atoms with E-state index >= 15 is 0 Å². The molecule has 2 heterocycles. The van der Waals surface area contributed by atoms with E-state index in [2.05, 4.69) is 17.0 Å². The summed E-state index contributed by atoms with van der Waals surface area (Å²) in [7, 11) is 0. The summed E-state index contributed by atoms with van der Waals surface area (Å²) >= 11 is 0. The van der Waals surface area contributed by atoms with Crippen LogP contribution in [0.1, 0.15) is 29.6 Å². The van der Waals surface area contributed by atoms with Crippen molar-refractivity contribution in [1.29, 1.82) is 0 Å². The molecule has 1 aliphatic rings. The predicted octanol–water partition coefficient (Wildman–Crippen LogP) is 0.984. The monoisotopic (exact) mass is 240 g/mol. The molecule has 6 nitrogen and oxygen atoms in total. The minimum absolute atomic E-state index is 0.0414. The van der Waals surface area contributed by atoms with Crippen molar-refractivity contribution >= 4 is 5.97 Å². The van der Waals surface area contributed by atoms with Gasteiger partial charge in [0.15, 0.2) is 11.5 Å². The van der Waals surface area contributed by atoms with Gasteiger partial charge in [0.1, 0.15) is 0 Å². The van der Waals surface area contributed by atoms with Crippen molar-refractivity contribution in [2.75, 3.05) is 19.7 Å². The fourth-order valence-electron chi connectivity index (χ4n) is 1.88. The number of carboxylic acid groups (broad SMARTS) is 1. The highest BCUT2D eigenvalue weighted by Crippen LogP contribution is 2.13. The van der Waals surface area contributed by atoms with Crippen LogP contribution in [-0.2, 0) is 11.3 Å². The molecule has 0 amide bonds. The molecular formula is C11H16N2O4. The number of aromatic carboxylic acids is 1. The summed E-state index contributed by atoms with van der Waals surface area (Å²) in [6.45, 7) is 5.06. The standard InChI is InChI=1S/C11H16N2O4/c1-2-8-6-13(3-4-16-8)7-9-5-10(11(14)15)12-17-9/h5,8H,2-4,6-7H2,1H3,(H,14,15). The molecule has 1 fully saturated rings. The van der Waals surface area contributed by atoms with E-state index in [1.807, 2.05) is 0 Å². The molecule has 2 rings (SSSR count). The van der Waals surface area contributed by atoms with Gasteiger partial charge < -0.3 is 14.4 Å². The van der Waals surface area contributed by atoms with Crippen LogP contribution in [0.15, 0.2) is 10.6 Å². The Hall–Kier alpha value is -1.40. The summed E-state index contributed by atoms with van der Waals surface area (Å²) in [4.78, 5) is 12.8. The topological polar surface area (TPSA) is 75.8 Å². The lowest BCUT2D eigenvalue weighted by Gasteiger charge is -2.31. The van der Waals surface area contributed by atoms with Gasteiger partial charge in [-0.15, -0.1) is 0 Å². The van der Waals surface area contributed by atoms with Crippen LogP contribution in [0.3, 0.4) is 0 Å². The molecular weight excluding hydrogens is 224 g/mol. The molecule has 1 aromatic rings. The second-order valence-electron chi connectivity index (χ2n) is 4.12. The summed E-state index contributed by atoms with van der Waals surface area (Å²) in [6, 6.07) is 1.47. The first-order chi connectivity index (χ1) is 8.19. The van der Waals surface area contributed by atoms with Gasteiger partial charge in [0.2, 0.25) is 0 Å². The molecule has 0 saturated carbocycles. The lowest BCUT2D eigenvalue weighted by Crippen LogP contribution is -2.41. The van der Waals surface area contributed by atoms with Gasteiger partial charge in [0.05, 0.1) is 19.3 Å². The highest BCUT2D eigenvalue weighted by Gasteiger charge is 2.21. The average Bonchev–Trinajstić information content (AvgIpc) is 2.78. The van der Waals surface area contributed by atoms with Crippen LogP contribution < -0.4 is 0 Å². The Bertz CT molecular complexity index is 391. The van der Waals surface area contributed by atoms with Crippen molar-refractivity contribution in [3.05, 3.63) is 17.5 Å². The molecule has 0 aromatic carbocycles. The number of carboxylic acids is 1. The Labute approximate surface area is 99.1 Å². The molecule has 94 valence electrons. The summed E-state index contributed by atoms with van der Waals surface area (Å²) in [5.74, 6) is -0.479. The van der Waals surface area contributed by atoms with E-state index in [0.29, 0.717) is 18.9 Å². The molecule has 0 radical (unpaired) electrons. The smallest absolute Gasteiger partial charge is 0.358 e. The number of rotatable bonds is 4. The van der Waals surface area contributed by atoms with Crippen LogP contribution in [0.2, 0.25) is 0 Å². The molecule has 1 aliphatic heterocycles. The van der Waals surface area contributed by atoms with Gasteiger partial charge in [-0.3, -0.25) is 4.90 Å². The van der Waals surface area contributed by atoms with Crippen molar-refractivity contribution in [1.82, 2.24) is 10.1 Å². The third-order valence-corrected chi connectivity index (χ3v) is 2.84. The largest absolute Gasteiger partial charge is 0.476 e. The molecule has 1 unspecified atom stereocenters. The van der Waals surface area contributed by atoms with Gasteiger partial charge in [0, 0.05) is 19.2 Å². The molecule has 0 aliphatic carbocycles. The van der Waals surface area contributed by atoms with Crippen molar-refractivity contribution in [2.45, 2.75) is 26.0 Å². The van der Waals surface area contributed by atoms with Gasteiger partial charge in [0.25, 0.3) is 0 Å². The molecule has 0 spiro atoms. The van der Waals surface area contributed by atoms with Crippen molar-refractivity contribution in [2.24, 2.45) is 0 Å². The number of ether oxygens (including phenoxy) is 1. The van der Waals surface area contributed by atoms with Crippen molar-refractivity contribution < 1.29 is 19.2 Å². The Morgan fingerprint density at radius 3 is 3.18 bits per heavy atom. The lowest BCUT2D eigenvalue weighted by molar-refractivity contribution is -0.0346. The molecule has 1 N–H and O–H groups in total. The summed E-state index contributed by atoms with van der Waals surface area (Å²) in [5.41, 5.74) is -0.0414. The molecule has 1 aromatic heterocycles. The zero-order chi connectivity index (χ0) is 12.3. The van der Waals surface area contributed by atoms with Crippen LogP contribution in [-0.4, -0.2) is 46.9 Å². The maximum absolute atomic E-state index is 10.6. The summed E-state index contributed by atoms with van der Waals surface area (Å²) < 4.78 is 10.5. The first-order valence-electron chi connectivity index (χ1n) is 5.72. The van der Waals surface area contributed by atoms with E-state index in [4.69, 9.17) is 14.4 Å². The first-order valence-corrected chi connectivity index (χ1v) is 5.72. The molecule has 1 atom stereocenters. The van der Waals surface area contributed by atoms with Crippen LogP contribution in [0.4, 0.5) is 0 Å². The van der Waals surface area contributed by atoms with E-state index in [1.54, 1.807) is 0 Å². The van der Waals surface area contributed by atoms with Gasteiger partial charge in [-0.1, -0.05) is 12.1 Å². The van der Waals surface area contributed by atoms with E-state index in [1.165, 1.54) is 6.07 Å². The first kappa shape index (κ1) is 12.1. The quantitative estimate of drug-likeness (QED) is 0.845. The van der Waals surface area contributed by atoms with E-state index in [0.717, 1.165) is 19.5 Å². The number of aromatic nitrogens is 1. The Kier molecular flexibility index (Phi) is 3.75. The SMILES string of the molecule is CCC1CN(Cc2cc(C(=O)O)no2)CCO1. The Morgan fingerprint density at radius 1 is 1.71 bits per heavy atom. The van der Waals surface area contributed by atoms with Crippen LogP contribution in [0, 0.1) is 0 Å². The highest BCUT2D eigenvalue weighted by atomic mass is 16.5. The fraction of sp³-hybridized carbons (Fsp3) is 0.636. The van der Waals surface area contributed by atoms with E-state index in [-0.39, 0.29) is 11.8 Å². The minimum Gasteiger partial charge on any atom is -0.476 e. The maximum Gasteiger partial charge on any atom is 0.358 e. The van der Waals surface area contributed by atoms with Crippen molar-refractivity contribution in [3.8, 4) is 0 Å². The third kappa shape index (κ3) is 3.04. The molecule has 6 heteroatoms. The normalized spacial score (nSPS) is 21.6. The number of nitrogens with zero attached hydrogens (tertiary/aromatic N) is 2. The summed E-state index contributed by atoms with van der Waals surface area (Å²) in [5, 5.41) is 12.2. The Balaban J connectivity index is 1.93. The lowest BCUT2D eigenvalue weighted by atomic mass is 10.2. The maximum atomic E-state index is 10.6. The minimum atomic E-state index is -1.06. The fourth-order valence-corrected chi connectivity index (χ4v) is 1.88. The number of morpholine rings is 1. The van der Waals surface area contributed by atoms with E-state index in [9.17, 15) is 4.79 Å². The van der Waals surface area contributed by atoms with Crippen molar-refractivity contribution in [3.63, 3.8) is 0 Å². The highest BCUT2D eigenvalue weighted by molar-refractivity contribution is 5.85. The molecule has 1 saturated heterocycles. The van der Waals surface area contributed by atoms with Crippen LogP contribution in [0.25, 0.3) is 0 Å². The zero-order valence-electron chi connectivity index (χ0n) is 9.76. The van der Waals surface area contributed by atoms with Crippen LogP contribution >= 0.6 is 0 Å². The van der Waals surface area contributed by atoms with Gasteiger partial charge in [-0.2, -0.15) is 0 Å². The van der Waals surface area contributed by atoms with Gasteiger partial charge in [-0.05, 0) is 6.42 Å². The average molecular weight is 240 g/mol. The molecule has 17 heavy (non-hydrogen) atoms. The number of hydrogen-bond acceptors (Lipinski definition) is 5. The molecule has 0 bridgehead atoms. The Morgan fingerprint density at radius 2 is 2.53 bits per heavy atom.